The molecular formula is C13H17F3N2O2. The molecule has 0 saturated heterocycles. The summed E-state index contributed by atoms with van der Waals surface area (Å²) in [5.41, 5.74) is 6.08. The summed E-state index contributed by atoms with van der Waals surface area (Å²) in [6.07, 6.45) is -4.61. The average molecular weight is 290 g/mol. The summed E-state index contributed by atoms with van der Waals surface area (Å²) in [5.74, 6) is -0.454. The number of halogens is 3. The first kappa shape index (κ1) is 16.3. The van der Waals surface area contributed by atoms with Crippen LogP contribution >= 0.6 is 0 Å². The molecule has 0 spiro atoms. The zero-order chi connectivity index (χ0) is 15.3. The number of nitrogens with two attached hydrogens (primary N) is 1. The van der Waals surface area contributed by atoms with Crippen molar-refractivity contribution < 1.29 is 22.7 Å². The Morgan fingerprint density at radius 2 is 1.90 bits per heavy atom. The van der Waals surface area contributed by atoms with E-state index < -0.39 is 6.36 Å². The zero-order valence-electron chi connectivity index (χ0n) is 11.3. The first-order chi connectivity index (χ1) is 9.23. The van der Waals surface area contributed by atoms with Crippen molar-refractivity contribution >= 4 is 5.91 Å². The van der Waals surface area contributed by atoms with Gasteiger partial charge in [0.05, 0.1) is 6.42 Å². The van der Waals surface area contributed by atoms with Crippen LogP contribution in [0.4, 0.5) is 13.2 Å². The third kappa shape index (κ3) is 5.08. The number of carbonyl (C=O) groups is 1. The quantitative estimate of drug-likeness (QED) is 0.901. The Kier molecular flexibility index (Phi) is 5.38. The SMILES string of the molecule is CC(CN)N(C)C(=O)Cc1ccc(OC(F)(F)F)cc1. The zero-order valence-corrected chi connectivity index (χ0v) is 11.3. The van der Waals surface area contributed by atoms with Crippen LogP contribution in [0.1, 0.15) is 12.5 Å². The van der Waals surface area contributed by atoms with Gasteiger partial charge in [-0.1, -0.05) is 12.1 Å². The molecule has 1 unspecified atom stereocenters. The number of rotatable bonds is 5. The van der Waals surface area contributed by atoms with Gasteiger partial charge in [0, 0.05) is 19.6 Å². The molecule has 1 rings (SSSR count). The fourth-order valence-electron chi connectivity index (χ4n) is 1.51. The minimum absolute atomic E-state index is 0.0877. The Hall–Kier alpha value is -1.76. The summed E-state index contributed by atoms with van der Waals surface area (Å²) >= 11 is 0. The second-order valence-corrected chi connectivity index (χ2v) is 4.46. The van der Waals surface area contributed by atoms with Gasteiger partial charge in [0.15, 0.2) is 0 Å². The highest BCUT2D eigenvalue weighted by molar-refractivity contribution is 5.78. The highest BCUT2D eigenvalue weighted by Crippen LogP contribution is 2.22. The molecule has 1 amide bonds. The van der Waals surface area contributed by atoms with Crippen molar-refractivity contribution in [3.63, 3.8) is 0 Å². The number of amides is 1. The van der Waals surface area contributed by atoms with Crippen LogP contribution in [-0.2, 0) is 11.2 Å². The van der Waals surface area contributed by atoms with Gasteiger partial charge < -0.3 is 15.4 Å². The first-order valence-electron chi connectivity index (χ1n) is 6.03. The van der Waals surface area contributed by atoms with Gasteiger partial charge in [-0.05, 0) is 24.6 Å². The molecule has 0 heterocycles. The predicted molar refractivity (Wildman–Crippen MR) is 68.1 cm³/mol. The maximum atomic E-state index is 12.0. The van der Waals surface area contributed by atoms with E-state index in [9.17, 15) is 18.0 Å². The molecule has 0 bridgehead atoms. The van der Waals surface area contributed by atoms with Crippen LogP contribution < -0.4 is 10.5 Å². The van der Waals surface area contributed by atoms with Crippen molar-refractivity contribution in [1.82, 2.24) is 4.90 Å². The van der Waals surface area contributed by atoms with Crippen LogP contribution in [0, 0.1) is 0 Å². The number of nitrogens with zero attached hydrogens (tertiary/aromatic N) is 1. The predicted octanol–water partition coefficient (Wildman–Crippen LogP) is 1.93. The number of hydrogen-bond acceptors (Lipinski definition) is 3. The van der Waals surface area contributed by atoms with Gasteiger partial charge in [-0.2, -0.15) is 0 Å². The van der Waals surface area contributed by atoms with Crippen LogP contribution in [-0.4, -0.2) is 36.8 Å². The molecule has 4 nitrogen and oxygen atoms in total. The lowest BCUT2D eigenvalue weighted by atomic mass is 10.1. The summed E-state index contributed by atoms with van der Waals surface area (Å²) in [6, 6.07) is 5.14. The average Bonchev–Trinajstić information content (AvgIpc) is 2.37. The Morgan fingerprint density at radius 3 is 2.35 bits per heavy atom. The molecule has 0 radical (unpaired) electrons. The van der Waals surface area contributed by atoms with E-state index in [1.165, 1.54) is 29.2 Å². The number of carbonyl (C=O) groups excluding carboxylic acids is 1. The van der Waals surface area contributed by atoms with E-state index in [-0.39, 0.29) is 24.1 Å². The van der Waals surface area contributed by atoms with E-state index >= 15 is 0 Å². The minimum Gasteiger partial charge on any atom is -0.406 e. The number of alkyl halides is 3. The van der Waals surface area contributed by atoms with Gasteiger partial charge in [-0.15, -0.1) is 13.2 Å². The lowest BCUT2D eigenvalue weighted by Gasteiger charge is -2.23. The Balaban J connectivity index is 2.64. The molecular weight excluding hydrogens is 273 g/mol. The van der Waals surface area contributed by atoms with Crippen LogP contribution in [0.5, 0.6) is 5.75 Å². The number of hydrogen-bond donors (Lipinski definition) is 1. The van der Waals surface area contributed by atoms with Gasteiger partial charge in [0.2, 0.25) is 5.91 Å². The van der Waals surface area contributed by atoms with Gasteiger partial charge in [0.25, 0.3) is 0 Å². The normalized spacial score (nSPS) is 12.9. The number of ether oxygens (including phenoxy) is 1. The van der Waals surface area contributed by atoms with Crippen molar-refractivity contribution in [2.24, 2.45) is 5.73 Å². The Bertz CT molecular complexity index is 446. The molecule has 1 aromatic carbocycles. The van der Waals surface area contributed by atoms with Crippen LogP contribution in [0.25, 0.3) is 0 Å². The van der Waals surface area contributed by atoms with Crippen LogP contribution in [0.15, 0.2) is 24.3 Å². The van der Waals surface area contributed by atoms with Crippen molar-refractivity contribution in [3.05, 3.63) is 29.8 Å². The first-order valence-corrected chi connectivity index (χ1v) is 6.03. The fourth-order valence-corrected chi connectivity index (χ4v) is 1.51. The molecule has 1 atom stereocenters. The monoisotopic (exact) mass is 290 g/mol. The number of benzene rings is 1. The van der Waals surface area contributed by atoms with Gasteiger partial charge in [-0.3, -0.25) is 4.79 Å². The van der Waals surface area contributed by atoms with Crippen molar-refractivity contribution in [2.75, 3.05) is 13.6 Å². The summed E-state index contributed by atoms with van der Waals surface area (Å²) in [5, 5.41) is 0. The molecule has 0 fully saturated rings. The van der Waals surface area contributed by atoms with Gasteiger partial charge in [-0.25, -0.2) is 0 Å². The minimum atomic E-state index is -4.71. The van der Waals surface area contributed by atoms with E-state index in [2.05, 4.69) is 4.74 Å². The van der Waals surface area contributed by atoms with Crippen LogP contribution in [0.2, 0.25) is 0 Å². The van der Waals surface area contributed by atoms with Gasteiger partial charge in [0.1, 0.15) is 5.75 Å². The van der Waals surface area contributed by atoms with Crippen molar-refractivity contribution in [2.45, 2.75) is 25.7 Å². The molecule has 0 aliphatic rings. The van der Waals surface area contributed by atoms with E-state index in [1.54, 1.807) is 7.05 Å². The van der Waals surface area contributed by atoms with Crippen LogP contribution in [0.3, 0.4) is 0 Å². The van der Waals surface area contributed by atoms with E-state index in [0.29, 0.717) is 12.1 Å². The summed E-state index contributed by atoms with van der Waals surface area (Å²) in [7, 11) is 1.64. The summed E-state index contributed by atoms with van der Waals surface area (Å²) < 4.78 is 39.7. The fraction of sp³-hybridized carbons (Fsp3) is 0.462. The second-order valence-electron chi connectivity index (χ2n) is 4.46. The largest absolute Gasteiger partial charge is 0.573 e. The maximum Gasteiger partial charge on any atom is 0.573 e. The second kappa shape index (κ2) is 6.60. The topological polar surface area (TPSA) is 55.6 Å². The highest BCUT2D eigenvalue weighted by Gasteiger charge is 2.31. The molecule has 0 aliphatic carbocycles. The van der Waals surface area contributed by atoms with E-state index in [4.69, 9.17) is 5.73 Å². The summed E-state index contributed by atoms with van der Waals surface area (Å²) in [4.78, 5) is 13.4. The molecule has 2 N–H and O–H groups in total. The molecule has 20 heavy (non-hydrogen) atoms. The summed E-state index contributed by atoms with van der Waals surface area (Å²) in [6.45, 7) is 2.17. The third-order valence-corrected chi connectivity index (χ3v) is 2.91. The standard InChI is InChI=1S/C13H17F3N2O2/c1-9(8-17)18(2)12(19)7-10-3-5-11(6-4-10)20-13(14,15)16/h3-6,9H,7-8,17H2,1-2H3. The Morgan fingerprint density at radius 1 is 1.35 bits per heavy atom. The number of likely N-dealkylation sites (N-methyl/N-ethyl adjacent to an activating group) is 1. The smallest absolute Gasteiger partial charge is 0.406 e. The molecule has 0 aliphatic heterocycles. The molecule has 0 saturated carbocycles. The lowest BCUT2D eigenvalue weighted by Crippen LogP contribution is -2.40. The van der Waals surface area contributed by atoms with Gasteiger partial charge >= 0.3 is 6.36 Å². The third-order valence-electron chi connectivity index (χ3n) is 2.91. The molecule has 0 aromatic heterocycles. The van der Waals surface area contributed by atoms with Crippen molar-refractivity contribution in [3.8, 4) is 5.75 Å². The van der Waals surface area contributed by atoms with Crippen molar-refractivity contribution in [1.29, 1.82) is 0 Å². The lowest BCUT2D eigenvalue weighted by molar-refractivity contribution is -0.274. The maximum absolute atomic E-state index is 12.0. The Labute approximate surface area is 115 Å². The molecule has 1 aromatic rings. The highest BCUT2D eigenvalue weighted by atomic mass is 19.4. The molecule has 7 heteroatoms. The molecule has 112 valence electrons. The van der Waals surface area contributed by atoms with E-state index in [0.717, 1.165) is 0 Å². The van der Waals surface area contributed by atoms with E-state index in [1.807, 2.05) is 6.92 Å².